The Balaban J connectivity index is 1.47. The smallest absolute Gasteiger partial charge is 0.256 e. The predicted octanol–water partition coefficient (Wildman–Crippen LogP) is 2.07. The summed E-state index contributed by atoms with van der Waals surface area (Å²) in [7, 11) is 0. The van der Waals surface area contributed by atoms with Crippen LogP contribution in [0.1, 0.15) is 68.8 Å². The first-order chi connectivity index (χ1) is 20.0. The second-order valence-electron chi connectivity index (χ2n) is 11.1. The first kappa shape index (κ1) is 28.0. The lowest BCUT2D eigenvalue weighted by Gasteiger charge is -2.42. The van der Waals surface area contributed by atoms with Gasteiger partial charge in [-0.05, 0) is 19.1 Å². The number of nitrogens with two attached hydrogens (primary N) is 1. The van der Waals surface area contributed by atoms with Gasteiger partial charge < -0.3 is 41.0 Å². The topological polar surface area (TPSA) is 189 Å². The maximum Gasteiger partial charge on any atom is 0.256 e. The average Bonchev–Trinajstić information content (AvgIpc) is 2.96. The summed E-state index contributed by atoms with van der Waals surface area (Å²) in [6.07, 6.45) is -4.79. The van der Waals surface area contributed by atoms with Gasteiger partial charge in [-0.2, -0.15) is 0 Å². The Morgan fingerprint density at radius 2 is 1.60 bits per heavy atom. The van der Waals surface area contributed by atoms with Crippen molar-refractivity contribution >= 4 is 23.2 Å². The average molecular weight is 575 g/mol. The molecule has 3 aliphatic rings. The molecule has 0 saturated carbocycles. The molecule has 218 valence electrons. The number of amides is 1. The summed E-state index contributed by atoms with van der Waals surface area (Å²) in [6.45, 7) is 1.61. The molecule has 11 heteroatoms. The Bertz CT molecular complexity index is 1600. The fraction of sp³-hybridized carbons (Fsp3) is 0.323. The molecule has 6 rings (SSSR count). The van der Waals surface area contributed by atoms with E-state index in [0.29, 0.717) is 5.69 Å². The van der Waals surface area contributed by atoms with Gasteiger partial charge in [-0.3, -0.25) is 14.4 Å². The molecule has 42 heavy (non-hydrogen) atoms. The summed E-state index contributed by atoms with van der Waals surface area (Å²) >= 11 is 0. The first-order valence-corrected chi connectivity index (χ1v) is 13.6. The van der Waals surface area contributed by atoms with Gasteiger partial charge in [-0.1, -0.05) is 42.5 Å². The molecule has 11 nitrogen and oxygen atoms in total. The number of aromatic hydroxyl groups is 2. The van der Waals surface area contributed by atoms with Crippen molar-refractivity contribution in [1.29, 1.82) is 0 Å². The maximum atomic E-state index is 13.5. The van der Waals surface area contributed by atoms with Crippen LogP contribution >= 0.6 is 0 Å². The van der Waals surface area contributed by atoms with Crippen molar-refractivity contribution in [3.8, 4) is 11.5 Å². The number of benzene rings is 3. The molecule has 1 aliphatic heterocycles. The van der Waals surface area contributed by atoms with E-state index in [2.05, 4.69) is 5.32 Å². The minimum absolute atomic E-state index is 0.0417. The standard InChI is InChI=1S/C31H30N2O9/c1-14-25(34)19(32)11-21(41-14)42-20-13-31(40,30(39)33-15-7-3-2-4-8-15)12-18-22(20)29(38)24-23(28(18)37)26(35)16-9-5-6-10-17(16)27(24)36/h2-10,14,19-21,25,34,37-38,40H,11-13,32H2,1H3,(H,33,39)/t14?,19?,20-,21?,25?,31-/m0/s1. The third kappa shape index (κ3) is 4.46. The minimum atomic E-state index is -2.17. The third-order valence-electron chi connectivity index (χ3n) is 8.30. The van der Waals surface area contributed by atoms with Crippen molar-refractivity contribution in [1.82, 2.24) is 0 Å². The number of aliphatic hydroxyl groups excluding tert-OH is 1. The zero-order chi connectivity index (χ0) is 29.9. The number of nitrogens with one attached hydrogen (secondary N) is 1. The van der Waals surface area contributed by atoms with Gasteiger partial charge in [0, 0.05) is 53.2 Å². The lowest BCUT2D eigenvalue weighted by atomic mass is 9.72. The number of hydrogen-bond donors (Lipinski definition) is 6. The number of carbonyl (C=O) groups excluding carboxylic acids is 3. The van der Waals surface area contributed by atoms with Crippen molar-refractivity contribution in [2.45, 2.75) is 62.4 Å². The lowest BCUT2D eigenvalue weighted by molar-refractivity contribution is -0.247. The van der Waals surface area contributed by atoms with Crippen molar-refractivity contribution in [3.05, 3.63) is 88.0 Å². The van der Waals surface area contributed by atoms with Crippen molar-refractivity contribution < 1.29 is 44.3 Å². The lowest BCUT2D eigenvalue weighted by Crippen LogP contribution is -2.53. The highest BCUT2D eigenvalue weighted by Crippen LogP contribution is 2.52. The van der Waals surface area contributed by atoms with Crippen LogP contribution in [0.3, 0.4) is 0 Å². The van der Waals surface area contributed by atoms with Crippen LogP contribution in [0.25, 0.3) is 0 Å². The summed E-state index contributed by atoms with van der Waals surface area (Å²) in [4.78, 5) is 40.5. The minimum Gasteiger partial charge on any atom is -0.507 e. The zero-order valence-corrected chi connectivity index (χ0v) is 22.6. The van der Waals surface area contributed by atoms with Crippen LogP contribution < -0.4 is 11.1 Å². The van der Waals surface area contributed by atoms with Gasteiger partial charge in [0.1, 0.15) is 17.1 Å². The van der Waals surface area contributed by atoms with Gasteiger partial charge in [0.05, 0.1) is 29.4 Å². The second kappa shape index (κ2) is 10.3. The van der Waals surface area contributed by atoms with Crippen molar-refractivity contribution in [2.24, 2.45) is 5.73 Å². The molecule has 1 heterocycles. The Kier molecular flexibility index (Phi) is 6.87. The molecule has 1 saturated heterocycles. The Morgan fingerprint density at radius 1 is 1.00 bits per heavy atom. The quantitative estimate of drug-likeness (QED) is 0.197. The van der Waals surface area contributed by atoms with Gasteiger partial charge in [-0.25, -0.2) is 0 Å². The third-order valence-corrected chi connectivity index (χ3v) is 8.30. The summed E-state index contributed by atoms with van der Waals surface area (Å²) < 4.78 is 12.0. The van der Waals surface area contributed by atoms with Crippen molar-refractivity contribution in [3.63, 3.8) is 0 Å². The molecule has 1 amide bonds. The molecule has 2 aliphatic carbocycles. The fourth-order valence-electron chi connectivity index (χ4n) is 6.10. The van der Waals surface area contributed by atoms with Crippen LogP contribution in [-0.2, 0) is 20.7 Å². The Labute approximate surface area is 240 Å². The van der Waals surface area contributed by atoms with Crippen LogP contribution in [0.5, 0.6) is 11.5 Å². The first-order valence-electron chi connectivity index (χ1n) is 13.6. The number of anilines is 1. The number of para-hydroxylation sites is 1. The van der Waals surface area contributed by atoms with E-state index in [1.54, 1.807) is 49.4 Å². The fourth-order valence-corrected chi connectivity index (χ4v) is 6.10. The van der Waals surface area contributed by atoms with Gasteiger partial charge in [0.2, 0.25) is 0 Å². The van der Waals surface area contributed by atoms with Gasteiger partial charge >= 0.3 is 0 Å². The molecule has 0 aromatic heterocycles. The SMILES string of the molecule is CC1OC(O[C@H]2C[C@](O)(C(=O)Nc3ccccc3)Cc3c(O)c4c(c(O)c32)C(=O)c2ccccc2C4=O)CC(N)C1O. The number of carbonyl (C=O) groups is 3. The summed E-state index contributed by atoms with van der Waals surface area (Å²) in [5, 5.41) is 47.7. The second-order valence-corrected chi connectivity index (χ2v) is 11.1. The summed E-state index contributed by atoms with van der Waals surface area (Å²) in [5.74, 6) is -3.36. The Morgan fingerprint density at radius 3 is 2.21 bits per heavy atom. The number of fused-ring (bicyclic) bond motifs is 3. The molecule has 1 fully saturated rings. The number of phenolic OH excluding ortho intramolecular Hbond substituents is 2. The molecule has 0 spiro atoms. The van der Waals surface area contributed by atoms with Crippen LogP contribution in [-0.4, -0.2) is 68.0 Å². The number of hydrogen-bond acceptors (Lipinski definition) is 10. The molecule has 3 aromatic rings. The van der Waals surface area contributed by atoms with Crippen molar-refractivity contribution in [2.75, 3.05) is 5.32 Å². The number of rotatable bonds is 4. The monoisotopic (exact) mass is 574 g/mol. The predicted molar refractivity (Wildman–Crippen MR) is 148 cm³/mol. The molecule has 0 radical (unpaired) electrons. The van der Waals surface area contributed by atoms with E-state index in [4.69, 9.17) is 15.2 Å². The largest absolute Gasteiger partial charge is 0.507 e. The number of ether oxygens (including phenoxy) is 2. The molecule has 3 aromatic carbocycles. The molecule has 7 N–H and O–H groups in total. The van der Waals surface area contributed by atoms with Crippen LogP contribution in [0.4, 0.5) is 5.69 Å². The van der Waals surface area contributed by atoms with Crippen LogP contribution in [0.2, 0.25) is 0 Å². The highest BCUT2D eigenvalue weighted by molar-refractivity contribution is 6.30. The van der Waals surface area contributed by atoms with E-state index in [1.807, 2.05) is 0 Å². The normalized spacial score (nSPS) is 28.4. The van der Waals surface area contributed by atoms with E-state index in [1.165, 1.54) is 12.1 Å². The highest BCUT2D eigenvalue weighted by atomic mass is 16.7. The molecule has 6 atom stereocenters. The highest BCUT2D eigenvalue weighted by Gasteiger charge is 2.50. The summed E-state index contributed by atoms with van der Waals surface area (Å²) in [6, 6.07) is 13.8. The molecule has 0 bridgehead atoms. The van der Waals surface area contributed by atoms with E-state index < -0.39 is 83.6 Å². The van der Waals surface area contributed by atoms with Gasteiger partial charge in [0.25, 0.3) is 5.91 Å². The molecular weight excluding hydrogens is 544 g/mol. The van der Waals surface area contributed by atoms with Crippen LogP contribution in [0.15, 0.2) is 54.6 Å². The summed E-state index contributed by atoms with van der Waals surface area (Å²) in [5.41, 5.74) is 3.50. The van der Waals surface area contributed by atoms with Gasteiger partial charge in [0.15, 0.2) is 17.9 Å². The van der Waals surface area contributed by atoms with Gasteiger partial charge in [-0.15, -0.1) is 0 Å². The number of aliphatic hydroxyl groups is 2. The van der Waals surface area contributed by atoms with E-state index in [9.17, 15) is 34.8 Å². The number of ketones is 2. The molecular formula is C31H30N2O9. The van der Waals surface area contributed by atoms with E-state index in [-0.39, 0.29) is 34.2 Å². The maximum absolute atomic E-state index is 13.5. The van der Waals surface area contributed by atoms with Crippen LogP contribution in [0, 0.1) is 0 Å². The van der Waals surface area contributed by atoms with E-state index in [0.717, 1.165) is 0 Å². The van der Waals surface area contributed by atoms with E-state index >= 15 is 0 Å². The number of phenols is 2. The Hall–Kier alpha value is -4.13. The molecule has 4 unspecified atom stereocenters. The zero-order valence-electron chi connectivity index (χ0n) is 22.6.